The first-order valence-corrected chi connectivity index (χ1v) is 4.04. The molecular formula is C10H12N2O. The molecule has 0 saturated heterocycles. The fraction of sp³-hybridized carbons (Fsp3) is 0.200. The van der Waals surface area contributed by atoms with Crippen LogP contribution < -0.4 is 0 Å². The summed E-state index contributed by atoms with van der Waals surface area (Å²) in [5.74, 6) is 0. The highest BCUT2D eigenvalue weighted by Gasteiger charge is 2.09. The maximum Gasteiger partial charge on any atom is 0.110 e. The molecule has 0 aromatic carbocycles. The van der Waals surface area contributed by atoms with E-state index in [1.165, 1.54) is 0 Å². The van der Waals surface area contributed by atoms with Crippen LogP contribution in [0.3, 0.4) is 0 Å². The summed E-state index contributed by atoms with van der Waals surface area (Å²) in [5.41, 5.74) is 2.93. The number of hydrogen-bond donors (Lipinski definition) is 1. The first-order chi connectivity index (χ1) is 6.20. The van der Waals surface area contributed by atoms with Crippen molar-refractivity contribution in [3.63, 3.8) is 0 Å². The lowest BCUT2D eigenvalue weighted by atomic mass is 10.1. The van der Waals surface area contributed by atoms with Crippen LogP contribution in [0.1, 0.15) is 23.7 Å². The molecular weight excluding hydrogens is 164 g/mol. The zero-order chi connectivity index (χ0) is 9.84. The van der Waals surface area contributed by atoms with Gasteiger partial charge in [-0.25, -0.2) is 0 Å². The molecule has 3 nitrogen and oxygen atoms in total. The second kappa shape index (κ2) is 3.85. The quantitative estimate of drug-likeness (QED) is 0.706. The molecule has 0 spiro atoms. The number of H-pyrrole nitrogens is 1. The van der Waals surface area contributed by atoms with E-state index < -0.39 is 0 Å². The largest absolute Gasteiger partial charge is 0.361 e. The molecule has 0 aliphatic heterocycles. The normalized spacial score (nSPS) is 10.6. The fourth-order valence-electron chi connectivity index (χ4n) is 1.27. The molecule has 0 bridgehead atoms. The van der Waals surface area contributed by atoms with Gasteiger partial charge in [0.25, 0.3) is 0 Å². The molecule has 0 saturated carbocycles. The van der Waals surface area contributed by atoms with Crippen LogP contribution in [0.4, 0.5) is 0 Å². The van der Waals surface area contributed by atoms with Gasteiger partial charge in [0, 0.05) is 17.5 Å². The minimum Gasteiger partial charge on any atom is -0.361 e. The molecule has 3 heteroatoms. The summed E-state index contributed by atoms with van der Waals surface area (Å²) in [6.45, 7) is 7.41. The first kappa shape index (κ1) is 9.45. The van der Waals surface area contributed by atoms with Crippen molar-refractivity contribution in [1.29, 1.82) is 0 Å². The fourth-order valence-corrected chi connectivity index (χ4v) is 1.27. The van der Waals surface area contributed by atoms with Gasteiger partial charge in [-0.05, 0) is 30.7 Å². The summed E-state index contributed by atoms with van der Waals surface area (Å²) < 4.78 is 0. The molecule has 0 aliphatic carbocycles. The molecule has 1 rings (SSSR count). The minimum atomic E-state index is 0.270. The molecule has 0 unspecified atom stereocenters. The van der Waals surface area contributed by atoms with Crippen LogP contribution in [0.2, 0.25) is 0 Å². The Morgan fingerprint density at radius 3 is 2.92 bits per heavy atom. The Labute approximate surface area is 77.1 Å². The predicted octanol–water partition coefficient (Wildman–Crippen LogP) is 3.09. The van der Waals surface area contributed by atoms with Gasteiger partial charge in [0.1, 0.15) is 5.70 Å². The Hall–Kier alpha value is -1.64. The second-order valence-corrected chi connectivity index (χ2v) is 2.80. The molecule has 0 atom stereocenters. The average Bonchev–Trinajstić information content (AvgIpc) is 2.47. The zero-order valence-corrected chi connectivity index (χ0v) is 7.79. The summed E-state index contributed by atoms with van der Waals surface area (Å²) in [4.78, 5) is 13.4. The van der Waals surface area contributed by atoms with Crippen LogP contribution in [0.25, 0.3) is 11.8 Å². The minimum absolute atomic E-state index is 0.270. The summed E-state index contributed by atoms with van der Waals surface area (Å²) in [6, 6.07) is 0. The van der Waals surface area contributed by atoms with Crippen molar-refractivity contribution < 1.29 is 0 Å². The van der Waals surface area contributed by atoms with E-state index in [9.17, 15) is 4.91 Å². The lowest BCUT2D eigenvalue weighted by molar-refractivity contribution is 1.35. The third-order valence-corrected chi connectivity index (χ3v) is 1.84. The van der Waals surface area contributed by atoms with E-state index >= 15 is 0 Å². The molecule has 68 valence electrons. The molecule has 1 aromatic rings. The number of allylic oxidation sites excluding steroid dienone is 1. The molecule has 0 radical (unpaired) electrons. The Balaban J connectivity index is 3.23. The second-order valence-electron chi connectivity index (χ2n) is 2.80. The number of nitroso groups, excluding NO2 is 1. The van der Waals surface area contributed by atoms with Crippen molar-refractivity contribution >= 4 is 11.8 Å². The van der Waals surface area contributed by atoms with E-state index in [0.29, 0.717) is 0 Å². The van der Waals surface area contributed by atoms with E-state index in [2.05, 4.69) is 16.7 Å². The Bertz CT molecular complexity index is 361. The van der Waals surface area contributed by atoms with Crippen LogP contribution in [0, 0.1) is 11.8 Å². The number of nitrogens with one attached hydrogen (secondary N) is 1. The van der Waals surface area contributed by atoms with Gasteiger partial charge in [0.2, 0.25) is 0 Å². The van der Waals surface area contributed by atoms with Gasteiger partial charge in [-0.1, -0.05) is 12.7 Å². The lowest BCUT2D eigenvalue weighted by Gasteiger charge is -1.97. The Morgan fingerprint density at radius 1 is 1.69 bits per heavy atom. The van der Waals surface area contributed by atoms with E-state index in [1.54, 1.807) is 0 Å². The van der Waals surface area contributed by atoms with Crippen molar-refractivity contribution in [3.8, 4) is 0 Å². The van der Waals surface area contributed by atoms with Crippen molar-refractivity contribution in [3.05, 3.63) is 40.6 Å². The monoisotopic (exact) mass is 176 g/mol. The highest BCUT2D eigenvalue weighted by atomic mass is 16.3. The summed E-state index contributed by atoms with van der Waals surface area (Å²) in [7, 11) is 0. The van der Waals surface area contributed by atoms with Crippen LogP contribution in [-0.4, -0.2) is 4.98 Å². The van der Waals surface area contributed by atoms with Gasteiger partial charge in [-0.15, -0.1) is 4.91 Å². The highest BCUT2D eigenvalue weighted by Crippen LogP contribution is 2.23. The van der Waals surface area contributed by atoms with Crippen LogP contribution in [0.5, 0.6) is 0 Å². The number of aryl methyl sites for hydroxylation is 1. The third-order valence-electron chi connectivity index (χ3n) is 1.84. The predicted molar refractivity (Wildman–Crippen MR) is 55.1 cm³/mol. The van der Waals surface area contributed by atoms with Gasteiger partial charge in [0.15, 0.2) is 0 Å². The molecule has 0 amide bonds. The van der Waals surface area contributed by atoms with E-state index in [0.717, 1.165) is 16.8 Å². The van der Waals surface area contributed by atoms with Gasteiger partial charge in [-0.2, -0.15) is 0 Å². The van der Waals surface area contributed by atoms with Crippen molar-refractivity contribution in [2.75, 3.05) is 0 Å². The number of hydrogen-bond acceptors (Lipinski definition) is 2. The Morgan fingerprint density at radius 2 is 2.38 bits per heavy atom. The third kappa shape index (κ3) is 1.75. The summed E-state index contributed by atoms with van der Waals surface area (Å²) >= 11 is 0. The maximum atomic E-state index is 10.3. The first-order valence-electron chi connectivity index (χ1n) is 4.04. The zero-order valence-electron chi connectivity index (χ0n) is 7.79. The van der Waals surface area contributed by atoms with Crippen LogP contribution in [-0.2, 0) is 0 Å². The number of aromatic amines is 1. The van der Waals surface area contributed by atoms with Gasteiger partial charge >= 0.3 is 0 Å². The van der Waals surface area contributed by atoms with Crippen molar-refractivity contribution in [1.82, 2.24) is 4.98 Å². The van der Waals surface area contributed by atoms with E-state index in [1.807, 2.05) is 32.2 Å². The molecule has 1 aromatic heterocycles. The molecule has 1 N–H and O–H groups in total. The summed E-state index contributed by atoms with van der Waals surface area (Å²) in [5, 5.41) is 2.84. The number of aromatic nitrogens is 1. The molecule has 0 fully saturated rings. The van der Waals surface area contributed by atoms with Gasteiger partial charge < -0.3 is 4.98 Å². The van der Waals surface area contributed by atoms with Crippen molar-refractivity contribution in [2.45, 2.75) is 13.8 Å². The van der Waals surface area contributed by atoms with Crippen molar-refractivity contribution in [2.24, 2.45) is 5.18 Å². The highest BCUT2D eigenvalue weighted by molar-refractivity contribution is 5.73. The van der Waals surface area contributed by atoms with Crippen LogP contribution >= 0.6 is 0 Å². The van der Waals surface area contributed by atoms with Gasteiger partial charge in [-0.3, -0.25) is 0 Å². The molecule has 13 heavy (non-hydrogen) atoms. The smallest absolute Gasteiger partial charge is 0.110 e. The standard InChI is InChI=1S/C10H12N2O/c1-4-5-9-10(8(3)12-13)7(2)6-11-9/h4-6,11H,3H2,1-2H3/b5-4-. The summed E-state index contributed by atoms with van der Waals surface area (Å²) in [6.07, 6.45) is 5.62. The van der Waals surface area contributed by atoms with E-state index in [4.69, 9.17) is 0 Å². The topological polar surface area (TPSA) is 45.2 Å². The average molecular weight is 176 g/mol. The molecule has 1 heterocycles. The van der Waals surface area contributed by atoms with Gasteiger partial charge in [0.05, 0.1) is 0 Å². The molecule has 0 aliphatic rings. The SMILES string of the molecule is C=C(N=O)c1c(C)c[nH]c1/C=C\C. The lowest BCUT2D eigenvalue weighted by Crippen LogP contribution is -1.83. The Kier molecular flexibility index (Phi) is 2.80. The number of rotatable bonds is 3. The maximum absolute atomic E-state index is 10.3. The van der Waals surface area contributed by atoms with Crippen LogP contribution in [0.15, 0.2) is 24.0 Å². The number of nitrogens with zero attached hydrogens (tertiary/aromatic N) is 1. The van der Waals surface area contributed by atoms with E-state index in [-0.39, 0.29) is 5.70 Å².